The molecule has 1 heterocycles. The Labute approximate surface area is 114 Å². The van der Waals surface area contributed by atoms with E-state index in [0.717, 1.165) is 9.79 Å². The lowest BCUT2D eigenvalue weighted by Gasteiger charge is -2.09. The van der Waals surface area contributed by atoms with Crippen LogP contribution in [0.25, 0.3) is 0 Å². The fraction of sp³-hybridized carbons (Fsp3) is 0.0909. The van der Waals surface area contributed by atoms with Crippen LogP contribution in [0.1, 0.15) is 0 Å². The van der Waals surface area contributed by atoms with Crippen molar-refractivity contribution in [3.8, 4) is 0 Å². The fourth-order valence-electron chi connectivity index (χ4n) is 1.26. The number of benzene rings is 1. The van der Waals surface area contributed by atoms with Gasteiger partial charge in [0.1, 0.15) is 11.0 Å². The van der Waals surface area contributed by atoms with E-state index in [1.807, 2.05) is 30.3 Å². The van der Waals surface area contributed by atoms with Crippen molar-refractivity contribution in [1.29, 1.82) is 0 Å². The number of rotatable bonds is 3. The van der Waals surface area contributed by atoms with E-state index in [1.54, 1.807) is 7.05 Å². The van der Waals surface area contributed by atoms with Crippen LogP contribution in [-0.2, 0) is 0 Å². The molecule has 1 N–H and O–H groups in total. The van der Waals surface area contributed by atoms with Gasteiger partial charge in [0.2, 0.25) is 5.28 Å². The van der Waals surface area contributed by atoms with Crippen LogP contribution in [0.5, 0.6) is 0 Å². The number of hydrogen-bond acceptors (Lipinski definition) is 4. The molecule has 0 unspecified atom stereocenters. The lowest BCUT2D eigenvalue weighted by atomic mass is 10.4. The predicted octanol–water partition coefficient (Wildman–Crippen LogP) is 3.98. The minimum absolute atomic E-state index is 0.136. The summed E-state index contributed by atoms with van der Waals surface area (Å²) >= 11 is 13.3. The molecule has 3 nitrogen and oxygen atoms in total. The number of halogens is 2. The third-order valence-electron chi connectivity index (χ3n) is 2.00. The van der Waals surface area contributed by atoms with Crippen LogP contribution in [0.3, 0.4) is 0 Å². The minimum Gasteiger partial charge on any atom is -0.372 e. The third-order valence-corrected chi connectivity index (χ3v) is 3.65. The lowest BCUT2D eigenvalue weighted by molar-refractivity contribution is 1.09. The first-order chi connectivity index (χ1) is 8.20. The van der Waals surface area contributed by atoms with Crippen LogP contribution in [0.4, 0.5) is 5.82 Å². The molecule has 0 spiro atoms. The van der Waals surface area contributed by atoms with E-state index in [1.165, 1.54) is 11.8 Å². The van der Waals surface area contributed by atoms with Crippen molar-refractivity contribution in [2.45, 2.75) is 9.79 Å². The largest absolute Gasteiger partial charge is 0.372 e. The Morgan fingerprint density at radius 1 is 1.12 bits per heavy atom. The molecule has 2 aromatic rings. The first-order valence-corrected chi connectivity index (χ1v) is 6.41. The van der Waals surface area contributed by atoms with Crippen molar-refractivity contribution < 1.29 is 0 Å². The summed E-state index contributed by atoms with van der Waals surface area (Å²) in [5.74, 6) is 0.629. The molecule has 0 fully saturated rings. The van der Waals surface area contributed by atoms with Gasteiger partial charge in [-0.05, 0) is 23.7 Å². The van der Waals surface area contributed by atoms with Crippen molar-refractivity contribution in [2.24, 2.45) is 0 Å². The summed E-state index contributed by atoms with van der Waals surface area (Å²) in [4.78, 5) is 9.86. The number of aromatic nitrogens is 2. The highest BCUT2D eigenvalue weighted by Gasteiger charge is 2.12. The molecule has 88 valence electrons. The van der Waals surface area contributed by atoms with E-state index in [4.69, 9.17) is 23.2 Å². The van der Waals surface area contributed by atoms with E-state index < -0.39 is 0 Å². The van der Waals surface area contributed by atoms with Crippen LogP contribution in [0.15, 0.2) is 40.1 Å². The second-order valence-electron chi connectivity index (χ2n) is 3.13. The Hall–Kier alpha value is -0.970. The molecular formula is C11H9Cl2N3S. The van der Waals surface area contributed by atoms with E-state index in [0.29, 0.717) is 11.0 Å². The first-order valence-electron chi connectivity index (χ1n) is 4.84. The maximum absolute atomic E-state index is 6.07. The van der Waals surface area contributed by atoms with Crippen LogP contribution in [0.2, 0.25) is 10.4 Å². The standard InChI is InChI=1S/C11H9Cl2N3S/c1-14-10-8(9(12)15-11(13)16-10)17-7-5-3-2-4-6-7/h2-6H,1H3,(H,14,15,16). The molecule has 0 radical (unpaired) electrons. The molecule has 0 amide bonds. The molecule has 0 saturated heterocycles. The monoisotopic (exact) mass is 285 g/mol. The third kappa shape index (κ3) is 3.03. The highest BCUT2D eigenvalue weighted by atomic mass is 35.5. The van der Waals surface area contributed by atoms with Gasteiger partial charge in [-0.25, -0.2) is 4.98 Å². The summed E-state index contributed by atoms with van der Waals surface area (Å²) in [7, 11) is 1.77. The molecule has 0 atom stereocenters. The number of nitrogens with one attached hydrogen (secondary N) is 1. The summed E-state index contributed by atoms with van der Waals surface area (Å²) in [5, 5.41) is 3.44. The van der Waals surface area contributed by atoms with Crippen molar-refractivity contribution in [3.63, 3.8) is 0 Å². The second kappa shape index (κ2) is 5.58. The highest BCUT2D eigenvalue weighted by molar-refractivity contribution is 7.99. The zero-order chi connectivity index (χ0) is 12.3. The van der Waals surface area contributed by atoms with Gasteiger partial charge in [-0.1, -0.05) is 41.6 Å². The summed E-state index contributed by atoms with van der Waals surface area (Å²) in [6.07, 6.45) is 0. The molecule has 1 aromatic carbocycles. The SMILES string of the molecule is CNc1nc(Cl)nc(Cl)c1Sc1ccccc1. The van der Waals surface area contributed by atoms with Crippen molar-refractivity contribution >= 4 is 40.8 Å². The quantitative estimate of drug-likeness (QED) is 0.684. The van der Waals surface area contributed by atoms with E-state index in [-0.39, 0.29) is 5.28 Å². The molecule has 17 heavy (non-hydrogen) atoms. The number of anilines is 1. The molecule has 1 aromatic heterocycles. The van der Waals surface area contributed by atoms with E-state index in [9.17, 15) is 0 Å². The maximum atomic E-state index is 6.07. The first kappa shape index (κ1) is 12.5. The van der Waals surface area contributed by atoms with Gasteiger partial charge >= 0.3 is 0 Å². The molecule has 0 aliphatic carbocycles. The van der Waals surface area contributed by atoms with Gasteiger partial charge in [-0.2, -0.15) is 4.98 Å². The van der Waals surface area contributed by atoms with Gasteiger partial charge in [0.05, 0.1) is 4.90 Å². The zero-order valence-electron chi connectivity index (χ0n) is 8.95. The Morgan fingerprint density at radius 3 is 2.47 bits per heavy atom. The van der Waals surface area contributed by atoms with E-state index >= 15 is 0 Å². The minimum atomic E-state index is 0.136. The smallest absolute Gasteiger partial charge is 0.225 e. The Kier molecular flexibility index (Phi) is 4.10. The summed E-state index contributed by atoms with van der Waals surface area (Å²) in [6, 6.07) is 9.88. The van der Waals surface area contributed by atoms with Crippen molar-refractivity contribution in [2.75, 3.05) is 12.4 Å². The predicted molar refractivity (Wildman–Crippen MR) is 72.2 cm³/mol. The molecule has 2 rings (SSSR count). The van der Waals surface area contributed by atoms with Gasteiger partial charge in [-0.15, -0.1) is 0 Å². The van der Waals surface area contributed by atoms with Crippen LogP contribution in [0, 0.1) is 0 Å². The lowest BCUT2D eigenvalue weighted by Crippen LogP contribution is -1.98. The van der Waals surface area contributed by atoms with Gasteiger partial charge in [0.15, 0.2) is 0 Å². The molecule has 0 bridgehead atoms. The normalized spacial score (nSPS) is 10.3. The Morgan fingerprint density at radius 2 is 1.82 bits per heavy atom. The molecule has 0 aliphatic rings. The van der Waals surface area contributed by atoms with Crippen molar-refractivity contribution in [3.05, 3.63) is 40.8 Å². The van der Waals surface area contributed by atoms with Crippen LogP contribution < -0.4 is 5.32 Å². The number of nitrogens with zero attached hydrogens (tertiary/aromatic N) is 2. The van der Waals surface area contributed by atoms with Gasteiger partial charge in [-0.3, -0.25) is 0 Å². The summed E-state index contributed by atoms with van der Waals surface area (Å²) in [6.45, 7) is 0. The average Bonchev–Trinajstić information content (AvgIpc) is 2.33. The average molecular weight is 286 g/mol. The molecule has 0 aliphatic heterocycles. The molecule has 0 saturated carbocycles. The Bertz CT molecular complexity index is 520. The molecule has 6 heteroatoms. The topological polar surface area (TPSA) is 37.8 Å². The summed E-state index contributed by atoms with van der Waals surface area (Å²) in [5.41, 5.74) is 0. The number of hydrogen-bond donors (Lipinski definition) is 1. The van der Waals surface area contributed by atoms with Gasteiger partial charge in [0, 0.05) is 11.9 Å². The van der Waals surface area contributed by atoms with Gasteiger partial charge < -0.3 is 5.32 Å². The second-order valence-corrected chi connectivity index (χ2v) is 4.91. The Balaban J connectivity index is 2.38. The molecular weight excluding hydrogens is 277 g/mol. The van der Waals surface area contributed by atoms with Gasteiger partial charge in [0.25, 0.3) is 0 Å². The summed E-state index contributed by atoms with van der Waals surface area (Å²) < 4.78 is 0. The van der Waals surface area contributed by atoms with Crippen molar-refractivity contribution in [1.82, 2.24) is 9.97 Å². The van der Waals surface area contributed by atoms with Crippen LogP contribution in [-0.4, -0.2) is 17.0 Å². The van der Waals surface area contributed by atoms with Crippen LogP contribution >= 0.6 is 35.0 Å². The highest BCUT2D eigenvalue weighted by Crippen LogP contribution is 2.37. The fourth-order valence-corrected chi connectivity index (χ4v) is 2.66. The maximum Gasteiger partial charge on any atom is 0.225 e. The van der Waals surface area contributed by atoms with E-state index in [2.05, 4.69) is 15.3 Å². The zero-order valence-corrected chi connectivity index (χ0v) is 11.3.